The molecule has 1 N–H and O–H groups in total. The summed E-state index contributed by atoms with van der Waals surface area (Å²) in [6.45, 7) is 0. The van der Waals surface area contributed by atoms with Gasteiger partial charge in [-0.2, -0.15) is 0 Å². The molecule has 0 bridgehead atoms. The van der Waals surface area contributed by atoms with Gasteiger partial charge in [0.2, 0.25) is 0 Å². The van der Waals surface area contributed by atoms with Crippen molar-refractivity contribution in [3.8, 4) is 0 Å². The van der Waals surface area contributed by atoms with Gasteiger partial charge < -0.3 is 5.11 Å². The van der Waals surface area contributed by atoms with E-state index in [0.717, 1.165) is 44.9 Å². The van der Waals surface area contributed by atoms with Gasteiger partial charge in [-0.05, 0) is 43.9 Å². The molecule has 2 aliphatic rings. The minimum Gasteiger partial charge on any atom is -0.393 e. The number of sulfone groups is 1. The van der Waals surface area contributed by atoms with Gasteiger partial charge in [-0.15, -0.1) is 0 Å². The molecular weight excluding hydrogens is 224 g/mol. The molecule has 4 atom stereocenters. The van der Waals surface area contributed by atoms with Crippen molar-refractivity contribution >= 4 is 9.84 Å². The van der Waals surface area contributed by atoms with E-state index in [0.29, 0.717) is 11.8 Å². The molecular formula is C12H22O3S. The zero-order chi connectivity index (χ0) is 11.8. The van der Waals surface area contributed by atoms with Crippen LogP contribution in [0.4, 0.5) is 0 Å². The Labute approximate surface area is 98.2 Å². The van der Waals surface area contributed by atoms with E-state index in [2.05, 4.69) is 0 Å². The van der Waals surface area contributed by atoms with Gasteiger partial charge in [-0.3, -0.25) is 0 Å². The molecule has 0 amide bonds. The zero-order valence-electron chi connectivity index (χ0n) is 9.93. The van der Waals surface area contributed by atoms with Gasteiger partial charge in [0.1, 0.15) is 9.84 Å². The third-order valence-corrected chi connectivity index (χ3v) is 6.02. The second kappa shape index (κ2) is 4.65. The van der Waals surface area contributed by atoms with Crippen LogP contribution in [-0.4, -0.2) is 31.1 Å². The Morgan fingerprint density at radius 1 is 1.00 bits per heavy atom. The van der Waals surface area contributed by atoms with Crippen molar-refractivity contribution in [1.82, 2.24) is 0 Å². The molecule has 0 spiro atoms. The maximum atomic E-state index is 11.6. The van der Waals surface area contributed by atoms with Crippen LogP contribution in [0.15, 0.2) is 0 Å². The summed E-state index contributed by atoms with van der Waals surface area (Å²) in [6.07, 6.45) is 7.97. The van der Waals surface area contributed by atoms with Crippen LogP contribution >= 0.6 is 0 Å². The lowest BCUT2D eigenvalue weighted by atomic mass is 9.79. The third kappa shape index (κ3) is 2.77. The summed E-state index contributed by atoms with van der Waals surface area (Å²) in [5.74, 6) is 1.10. The van der Waals surface area contributed by atoms with Crippen molar-refractivity contribution in [3.63, 3.8) is 0 Å². The van der Waals surface area contributed by atoms with E-state index in [-0.39, 0.29) is 11.4 Å². The van der Waals surface area contributed by atoms with E-state index in [1.807, 2.05) is 0 Å². The van der Waals surface area contributed by atoms with Crippen molar-refractivity contribution < 1.29 is 13.5 Å². The first-order valence-corrected chi connectivity index (χ1v) is 8.29. The molecule has 2 saturated carbocycles. The van der Waals surface area contributed by atoms with Gasteiger partial charge in [-0.1, -0.05) is 12.8 Å². The fraction of sp³-hybridized carbons (Fsp3) is 1.00. The predicted octanol–water partition coefficient (Wildman–Crippen LogP) is 1.75. The molecule has 4 heteroatoms. The van der Waals surface area contributed by atoms with Crippen LogP contribution in [0.5, 0.6) is 0 Å². The van der Waals surface area contributed by atoms with Crippen molar-refractivity contribution in [2.45, 2.75) is 56.3 Å². The van der Waals surface area contributed by atoms with Crippen molar-refractivity contribution in [1.29, 1.82) is 0 Å². The average Bonchev–Trinajstić information content (AvgIpc) is 2.64. The maximum Gasteiger partial charge on any atom is 0.150 e. The highest BCUT2D eigenvalue weighted by Crippen LogP contribution is 2.40. The Balaban J connectivity index is 1.97. The normalized spacial score (nSPS) is 41.1. The van der Waals surface area contributed by atoms with Crippen LogP contribution in [0.3, 0.4) is 0 Å². The largest absolute Gasteiger partial charge is 0.393 e. The van der Waals surface area contributed by atoms with Crippen LogP contribution in [0.25, 0.3) is 0 Å². The van der Waals surface area contributed by atoms with E-state index >= 15 is 0 Å². The van der Waals surface area contributed by atoms with Crippen LogP contribution in [-0.2, 0) is 9.84 Å². The van der Waals surface area contributed by atoms with Crippen LogP contribution < -0.4 is 0 Å². The van der Waals surface area contributed by atoms with Crippen molar-refractivity contribution in [3.05, 3.63) is 0 Å². The van der Waals surface area contributed by atoms with Crippen LogP contribution in [0, 0.1) is 11.8 Å². The van der Waals surface area contributed by atoms with E-state index in [9.17, 15) is 13.5 Å². The SMILES string of the molecule is CS(=O)(=O)C1CCCC(C2CCC(O)C2)C1. The topological polar surface area (TPSA) is 54.4 Å². The lowest BCUT2D eigenvalue weighted by Gasteiger charge is -2.32. The Morgan fingerprint density at radius 3 is 2.25 bits per heavy atom. The molecule has 3 nitrogen and oxygen atoms in total. The van der Waals surface area contributed by atoms with Gasteiger partial charge in [0.25, 0.3) is 0 Å². The second-order valence-corrected chi connectivity index (χ2v) is 7.93. The second-order valence-electron chi connectivity index (χ2n) is 5.61. The fourth-order valence-electron chi connectivity index (χ4n) is 3.42. The summed E-state index contributed by atoms with van der Waals surface area (Å²) in [5, 5.41) is 9.42. The molecule has 0 radical (unpaired) electrons. The van der Waals surface area contributed by atoms with E-state index < -0.39 is 9.84 Å². The molecule has 0 aromatic rings. The minimum atomic E-state index is -2.86. The standard InChI is InChI=1S/C12H22O3S/c1-16(14,15)12-4-2-3-9(8-12)10-5-6-11(13)7-10/h9-13H,2-8H2,1H3. The van der Waals surface area contributed by atoms with Crippen molar-refractivity contribution in [2.75, 3.05) is 6.26 Å². The van der Waals surface area contributed by atoms with Gasteiger partial charge >= 0.3 is 0 Å². The van der Waals surface area contributed by atoms with Crippen LogP contribution in [0.2, 0.25) is 0 Å². The van der Waals surface area contributed by atoms with E-state index in [4.69, 9.17) is 0 Å². The molecule has 0 saturated heterocycles. The molecule has 4 unspecified atom stereocenters. The summed E-state index contributed by atoms with van der Waals surface area (Å²) < 4.78 is 23.1. The smallest absolute Gasteiger partial charge is 0.150 e. The Hall–Kier alpha value is -0.0900. The number of hydrogen-bond donors (Lipinski definition) is 1. The molecule has 0 aliphatic heterocycles. The van der Waals surface area contributed by atoms with Gasteiger partial charge in [0.05, 0.1) is 11.4 Å². The molecule has 0 heterocycles. The highest BCUT2D eigenvalue weighted by atomic mass is 32.2. The number of hydrogen-bond acceptors (Lipinski definition) is 3. The Kier molecular flexibility index (Phi) is 3.59. The Bertz CT molecular complexity index is 336. The molecule has 2 fully saturated rings. The maximum absolute atomic E-state index is 11.6. The zero-order valence-corrected chi connectivity index (χ0v) is 10.7. The first kappa shape index (κ1) is 12.4. The highest BCUT2D eigenvalue weighted by molar-refractivity contribution is 7.91. The summed E-state index contributed by atoms with van der Waals surface area (Å²) >= 11 is 0. The number of aliphatic hydroxyl groups is 1. The summed E-state index contributed by atoms with van der Waals surface area (Å²) in [4.78, 5) is 0. The van der Waals surface area contributed by atoms with Gasteiger partial charge in [-0.25, -0.2) is 8.42 Å². The molecule has 0 aromatic heterocycles. The lowest BCUT2D eigenvalue weighted by molar-refractivity contribution is 0.163. The first-order chi connectivity index (χ1) is 7.47. The summed E-state index contributed by atoms with van der Waals surface area (Å²) in [7, 11) is -2.86. The fourth-order valence-corrected chi connectivity index (χ4v) is 4.61. The highest BCUT2D eigenvalue weighted by Gasteiger charge is 2.35. The third-order valence-electron chi connectivity index (χ3n) is 4.38. The predicted molar refractivity (Wildman–Crippen MR) is 63.9 cm³/mol. The quantitative estimate of drug-likeness (QED) is 0.807. The van der Waals surface area contributed by atoms with Crippen molar-refractivity contribution in [2.24, 2.45) is 11.8 Å². The molecule has 16 heavy (non-hydrogen) atoms. The Morgan fingerprint density at radius 2 is 1.69 bits per heavy atom. The molecule has 0 aromatic carbocycles. The molecule has 94 valence electrons. The minimum absolute atomic E-state index is 0.121. The molecule has 2 aliphatic carbocycles. The average molecular weight is 246 g/mol. The first-order valence-electron chi connectivity index (χ1n) is 6.33. The molecule has 2 rings (SSSR count). The van der Waals surface area contributed by atoms with Crippen LogP contribution in [0.1, 0.15) is 44.9 Å². The lowest BCUT2D eigenvalue weighted by Crippen LogP contribution is -2.30. The number of aliphatic hydroxyl groups excluding tert-OH is 1. The van der Waals surface area contributed by atoms with E-state index in [1.54, 1.807) is 0 Å². The van der Waals surface area contributed by atoms with Gasteiger partial charge in [0, 0.05) is 6.26 Å². The monoisotopic (exact) mass is 246 g/mol. The summed E-state index contributed by atoms with van der Waals surface area (Å²) in [5.41, 5.74) is 0. The summed E-state index contributed by atoms with van der Waals surface area (Å²) in [6, 6.07) is 0. The van der Waals surface area contributed by atoms with E-state index in [1.165, 1.54) is 6.26 Å². The number of rotatable bonds is 2. The van der Waals surface area contributed by atoms with Gasteiger partial charge in [0.15, 0.2) is 0 Å².